The number of aryl methyl sites for hydroxylation is 2. The summed E-state index contributed by atoms with van der Waals surface area (Å²) in [6.07, 6.45) is 1.22. The van der Waals surface area contributed by atoms with E-state index in [-0.39, 0.29) is 5.82 Å². The van der Waals surface area contributed by atoms with Gasteiger partial charge in [0.05, 0.1) is 0 Å². The summed E-state index contributed by atoms with van der Waals surface area (Å²) in [5, 5.41) is 12.8. The van der Waals surface area contributed by atoms with Crippen LogP contribution in [-0.4, -0.2) is 30.8 Å². The number of aromatic nitrogens is 4. The van der Waals surface area contributed by atoms with Gasteiger partial charge in [-0.1, -0.05) is 0 Å². The molecule has 6 nitrogen and oxygen atoms in total. The second-order valence-corrected chi connectivity index (χ2v) is 3.42. The Labute approximate surface area is 95.8 Å². The highest BCUT2D eigenvalue weighted by Crippen LogP contribution is 2.15. The van der Waals surface area contributed by atoms with Crippen LogP contribution in [0.3, 0.4) is 0 Å². The topological polar surface area (TPSA) is 80.9 Å². The van der Waals surface area contributed by atoms with E-state index in [1.165, 1.54) is 10.9 Å². The molecule has 0 bridgehead atoms. The maximum absolute atomic E-state index is 13.9. The van der Waals surface area contributed by atoms with Crippen molar-refractivity contribution < 1.29 is 14.3 Å². The Balaban J connectivity index is 2.64. The molecular formula is C10H9FN4O2. The summed E-state index contributed by atoms with van der Waals surface area (Å²) < 4.78 is 15.0. The highest BCUT2D eigenvalue weighted by molar-refractivity contribution is 5.88. The van der Waals surface area contributed by atoms with Crippen LogP contribution < -0.4 is 0 Å². The fourth-order valence-electron chi connectivity index (χ4n) is 1.47. The molecule has 0 aliphatic heterocycles. The third-order valence-corrected chi connectivity index (χ3v) is 2.18. The molecule has 7 heteroatoms. The molecule has 0 fully saturated rings. The lowest BCUT2D eigenvalue weighted by atomic mass is 10.2. The largest absolute Gasteiger partial charge is 0.478 e. The average molecular weight is 236 g/mol. The van der Waals surface area contributed by atoms with Crippen LogP contribution in [0.15, 0.2) is 12.3 Å². The molecule has 2 rings (SSSR count). The molecule has 0 saturated carbocycles. The molecule has 0 atom stereocenters. The van der Waals surface area contributed by atoms with Gasteiger partial charge in [0.15, 0.2) is 11.6 Å². The Morgan fingerprint density at radius 1 is 1.47 bits per heavy atom. The number of carbonyl (C=O) groups is 1. The number of hydrogen-bond acceptors (Lipinski definition) is 4. The van der Waals surface area contributed by atoms with E-state index in [0.29, 0.717) is 11.6 Å². The SMILES string of the molecule is Cc1nc(C)n(-c2nccc(C(=O)O)c2F)n1. The quantitative estimate of drug-likeness (QED) is 0.844. The lowest BCUT2D eigenvalue weighted by Crippen LogP contribution is -2.10. The first kappa shape index (κ1) is 11.2. The standard InChI is InChI=1S/C10H9FN4O2/c1-5-13-6(2)15(14-5)9-8(11)7(10(16)17)3-4-12-9/h3-4H,1-2H3,(H,16,17). The molecule has 0 unspecified atom stereocenters. The summed E-state index contributed by atoms with van der Waals surface area (Å²) in [6.45, 7) is 3.29. The number of carboxylic acids is 1. The van der Waals surface area contributed by atoms with Gasteiger partial charge in [0.2, 0.25) is 0 Å². The molecule has 1 N–H and O–H groups in total. The first-order valence-electron chi connectivity index (χ1n) is 4.79. The second kappa shape index (κ2) is 3.93. The summed E-state index contributed by atoms with van der Waals surface area (Å²) in [5.41, 5.74) is -0.442. The molecule has 0 aliphatic rings. The minimum atomic E-state index is -1.35. The van der Waals surface area contributed by atoms with Crippen molar-refractivity contribution in [3.05, 3.63) is 35.3 Å². The van der Waals surface area contributed by atoms with Crippen LogP contribution >= 0.6 is 0 Å². The van der Waals surface area contributed by atoms with Gasteiger partial charge in [0, 0.05) is 6.20 Å². The molecule has 2 heterocycles. The third kappa shape index (κ3) is 1.86. The molecule has 0 radical (unpaired) electrons. The zero-order valence-electron chi connectivity index (χ0n) is 9.18. The van der Waals surface area contributed by atoms with Crippen molar-refractivity contribution in [2.45, 2.75) is 13.8 Å². The second-order valence-electron chi connectivity index (χ2n) is 3.42. The minimum Gasteiger partial charge on any atom is -0.478 e. The van der Waals surface area contributed by atoms with Crippen molar-refractivity contribution in [3.8, 4) is 5.82 Å². The Hall–Kier alpha value is -2.31. The number of aromatic carboxylic acids is 1. The van der Waals surface area contributed by atoms with Crippen LogP contribution in [0, 0.1) is 19.7 Å². The van der Waals surface area contributed by atoms with Gasteiger partial charge in [0.25, 0.3) is 0 Å². The molecule has 0 aliphatic carbocycles. The number of pyridine rings is 1. The van der Waals surface area contributed by atoms with E-state index in [9.17, 15) is 9.18 Å². The van der Waals surface area contributed by atoms with Crippen LogP contribution in [0.1, 0.15) is 22.0 Å². The van der Waals surface area contributed by atoms with Gasteiger partial charge in [-0.05, 0) is 19.9 Å². The number of nitrogens with zero attached hydrogens (tertiary/aromatic N) is 4. The van der Waals surface area contributed by atoms with Crippen LogP contribution in [0.4, 0.5) is 4.39 Å². The van der Waals surface area contributed by atoms with E-state index >= 15 is 0 Å². The van der Waals surface area contributed by atoms with Crippen LogP contribution in [0.25, 0.3) is 5.82 Å². The zero-order valence-corrected chi connectivity index (χ0v) is 9.18. The number of halogens is 1. The highest BCUT2D eigenvalue weighted by Gasteiger charge is 2.18. The Kier molecular flexibility index (Phi) is 2.58. The highest BCUT2D eigenvalue weighted by atomic mass is 19.1. The van der Waals surface area contributed by atoms with Gasteiger partial charge in [-0.25, -0.2) is 19.2 Å². The smallest absolute Gasteiger partial charge is 0.338 e. The zero-order chi connectivity index (χ0) is 12.6. The molecule has 0 spiro atoms. The molecule has 0 amide bonds. The normalized spacial score (nSPS) is 10.5. The lowest BCUT2D eigenvalue weighted by Gasteiger charge is -2.05. The van der Waals surface area contributed by atoms with E-state index in [1.807, 2.05) is 0 Å². The number of rotatable bonds is 2. The van der Waals surface area contributed by atoms with E-state index in [1.54, 1.807) is 13.8 Å². The number of hydrogen-bond donors (Lipinski definition) is 1. The average Bonchev–Trinajstić information content (AvgIpc) is 2.57. The van der Waals surface area contributed by atoms with Gasteiger partial charge >= 0.3 is 5.97 Å². The Morgan fingerprint density at radius 3 is 2.71 bits per heavy atom. The predicted octanol–water partition coefficient (Wildman–Crippen LogP) is 1.12. The molecular weight excluding hydrogens is 227 g/mol. The van der Waals surface area contributed by atoms with Crippen molar-refractivity contribution >= 4 is 5.97 Å². The third-order valence-electron chi connectivity index (χ3n) is 2.18. The summed E-state index contributed by atoms with van der Waals surface area (Å²) in [6, 6.07) is 1.10. The van der Waals surface area contributed by atoms with E-state index in [4.69, 9.17) is 5.11 Å². The van der Waals surface area contributed by atoms with Crippen molar-refractivity contribution in [1.82, 2.24) is 19.7 Å². The van der Waals surface area contributed by atoms with Gasteiger partial charge in [0.1, 0.15) is 17.2 Å². The Morgan fingerprint density at radius 2 is 2.18 bits per heavy atom. The molecule has 0 saturated heterocycles. The van der Waals surface area contributed by atoms with Gasteiger partial charge in [-0.2, -0.15) is 4.68 Å². The van der Waals surface area contributed by atoms with E-state index in [0.717, 1.165) is 6.07 Å². The van der Waals surface area contributed by atoms with Crippen LogP contribution in [0.2, 0.25) is 0 Å². The monoisotopic (exact) mass is 236 g/mol. The first-order chi connectivity index (χ1) is 8.00. The minimum absolute atomic E-state index is 0.164. The van der Waals surface area contributed by atoms with Crippen molar-refractivity contribution in [1.29, 1.82) is 0 Å². The van der Waals surface area contributed by atoms with Gasteiger partial charge < -0.3 is 5.11 Å². The van der Waals surface area contributed by atoms with Crippen molar-refractivity contribution in [2.75, 3.05) is 0 Å². The van der Waals surface area contributed by atoms with Gasteiger partial charge in [-0.3, -0.25) is 0 Å². The molecule has 88 valence electrons. The first-order valence-corrected chi connectivity index (χ1v) is 4.79. The molecule has 2 aromatic heterocycles. The van der Waals surface area contributed by atoms with Crippen LogP contribution in [-0.2, 0) is 0 Å². The molecule has 2 aromatic rings. The lowest BCUT2D eigenvalue weighted by molar-refractivity contribution is 0.0691. The maximum Gasteiger partial charge on any atom is 0.338 e. The predicted molar refractivity (Wildman–Crippen MR) is 55.5 cm³/mol. The Bertz CT molecular complexity index is 594. The van der Waals surface area contributed by atoms with Crippen LogP contribution in [0.5, 0.6) is 0 Å². The number of carboxylic acid groups (broad SMARTS) is 1. The van der Waals surface area contributed by atoms with E-state index in [2.05, 4.69) is 15.1 Å². The summed E-state index contributed by atoms with van der Waals surface area (Å²) in [5.74, 6) is -1.53. The molecule has 17 heavy (non-hydrogen) atoms. The fraction of sp³-hybridized carbons (Fsp3) is 0.200. The van der Waals surface area contributed by atoms with E-state index < -0.39 is 17.3 Å². The summed E-state index contributed by atoms with van der Waals surface area (Å²) in [7, 11) is 0. The summed E-state index contributed by atoms with van der Waals surface area (Å²) in [4.78, 5) is 18.6. The summed E-state index contributed by atoms with van der Waals surface area (Å²) >= 11 is 0. The molecule has 0 aromatic carbocycles. The van der Waals surface area contributed by atoms with Crippen molar-refractivity contribution in [3.63, 3.8) is 0 Å². The van der Waals surface area contributed by atoms with Gasteiger partial charge in [-0.15, -0.1) is 5.10 Å². The fourth-order valence-corrected chi connectivity index (χ4v) is 1.47. The van der Waals surface area contributed by atoms with Crippen molar-refractivity contribution in [2.24, 2.45) is 0 Å². The maximum atomic E-state index is 13.9.